The van der Waals surface area contributed by atoms with Gasteiger partial charge in [0.1, 0.15) is 0 Å². The highest BCUT2D eigenvalue weighted by molar-refractivity contribution is 6.46. The summed E-state index contributed by atoms with van der Waals surface area (Å²) in [7, 11) is 0. The van der Waals surface area contributed by atoms with E-state index in [0.29, 0.717) is 5.56 Å². The summed E-state index contributed by atoms with van der Waals surface area (Å²) in [6.45, 7) is 6.49. The number of nitrogens with zero attached hydrogens (tertiary/aromatic N) is 1. The van der Waals surface area contributed by atoms with Crippen LogP contribution in [0.4, 0.5) is 5.69 Å². The van der Waals surface area contributed by atoms with Crippen molar-refractivity contribution >= 4 is 17.3 Å². The smallest absolute Gasteiger partial charge is 0.231 e. The van der Waals surface area contributed by atoms with E-state index in [4.69, 9.17) is 0 Å². The van der Waals surface area contributed by atoms with Gasteiger partial charge in [0.05, 0.1) is 0 Å². The van der Waals surface area contributed by atoms with E-state index in [9.17, 15) is 9.59 Å². The van der Waals surface area contributed by atoms with Crippen LogP contribution in [0, 0.1) is 5.92 Å². The number of rotatable bonds is 0. The number of hydrogen-bond donors (Lipinski definition) is 0. The van der Waals surface area contributed by atoms with Gasteiger partial charge < -0.3 is 4.90 Å². The summed E-state index contributed by atoms with van der Waals surface area (Å²) in [6, 6.07) is 7.74. The number of fused-ring (bicyclic) bond motifs is 2. The maximum absolute atomic E-state index is 12.6. The SMILES string of the molecule is CC(C)(C)N1c2ccccc2C(=O)C(=O)C2CCCCC21. The van der Waals surface area contributed by atoms with E-state index in [1.54, 1.807) is 6.07 Å². The predicted molar refractivity (Wildman–Crippen MR) is 83.8 cm³/mol. The highest BCUT2D eigenvalue weighted by Crippen LogP contribution is 2.41. The molecule has 0 spiro atoms. The van der Waals surface area contributed by atoms with Crippen LogP contribution in [0.3, 0.4) is 0 Å². The molecule has 1 fully saturated rings. The van der Waals surface area contributed by atoms with Crippen molar-refractivity contribution in [3.8, 4) is 0 Å². The van der Waals surface area contributed by atoms with Crippen molar-refractivity contribution in [2.24, 2.45) is 5.92 Å². The zero-order valence-electron chi connectivity index (χ0n) is 13.1. The third-order valence-electron chi connectivity index (χ3n) is 4.75. The summed E-state index contributed by atoms with van der Waals surface area (Å²) in [5.41, 5.74) is 1.39. The number of hydrogen-bond acceptors (Lipinski definition) is 3. The Morgan fingerprint density at radius 3 is 2.43 bits per heavy atom. The number of para-hydroxylation sites is 1. The molecule has 2 aliphatic rings. The van der Waals surface area contributed by atoms with Crippen molar-refractivity contribution in [1.82, 2.24) is 0 Å². The van der Waals surface area contributed by atoms with Gasteiger partial charge in [-0.25, -0.2) is 0 Å². The molecule has 2 atom stereocenters. The monoisotopic (exact) mass is 285 g/mol. The van der Waals surface area contributed by atoms with Gasteiger partial charge in [0.15, 0.2) is 0 Å². The molecule has 0 radical (unpaired) electrons. The summed E-state index contributed by atoms with van der Waals surface area (Å²) in [4.78, 5) is 27.6. The standard InChI is InChI=1S/C18H23NO2/c1-18(2,3)19-14-10-6-4-8-12(14)16(20)17(21)13-9-5-7-11-15(13)19/h4,6,8,10,13,15H,5,7,9,11H2,1-3H3. The first-order valence-electron chi connectivity index (χ1n) is 7.88. The Morgan fingerprint density at radius 1 is 1.05 bits per heavy atom. The van der Waals surface area contributed by atoms with Crippen LogP contribution >= 0.6 is 0 Å². The second kappa shape index (κ2) is 4.97. The summed E-state index contributed by atoms with van der Waals surface area (Å²) in [5, 5.41) is 0. The minimum Gasteiger partial charge on any atom is -0.362 e. The van der Waals surface area contributed by atoms with Gasteiger partial charge in [-0.1, -0.05) is 25.0 Å². The normalized spacial score (nSPS) is 26.1. The molecule has 0 saturated heterocycles. The molecular weight excluding hydrogens is 262 g/mol. The number of anilines is 1. The Hall–Kier alpha value is -1.64. The zero-order chi connectivity index (χ0) is 15.2. The molecule has 0 aromatic heterocycles. The van der Waals surface area contributed by atoms with Crippen LogP contribution in [0.1, 0.15) is 56.8 Å². The van der Waals surface area contributed by atoms with Gasteiger partial charge in [-0.05, 0) is 45.7 Å². The minimum atomic E-state index is -0.297. The predicted octanol–water partition coefficient (Wildman–Crippen LogP) is 3.62. The highest BCUT2D eigenvalue weighted by Gasteiger charge is 2.45. The molecule has 1 aromatic rings. The first kappa shape index (κ1) is 14.3. The molecule has 21 heavy (non-hydrogen) atoms. The lowest BCUT2D eigenvalue weighted by molar-refractivity contribution is -0.120. The molecule has 3 heteroatoms. The second-order valence-electron chi connectivity index (χ2n) is 7.21. The molecule has 3 rings (SSSR count). The first-order valence-corrected chi connectivity index (χ1v) is 7.88. The number of Topliss-reactive ketones (excluding diaryl/α,β-unsaturated/α-hetero) is 2. The van der Waals surface area contributed by atoms with Gasteiger partial charge in [0.2, 0.25) is 11.6 Å². The fourth-order valence-corrected chi connectivity index (χ4v) is 3.94. The largest absolute Gasteiger partial charge is 0.362 e. The lowest BCUT2D eigenvalue weighted by Gasteiger charge is -2.47. The molecule has 1 aromatic carbocycles. The van der Waals surface area contributed by atoms with E-state index in [2.05, 4.69) is 25.7 Å². The van der Waals surface area contributed by atoms with Crippen LogP contribution in [-0.4, -0.2) is 23.1 Å². The summed E-state index contributed by atoms with van der Waals surface area (Å²) < 4.78 is 0. The van der Waals surface area contributed by atoms with Crippen molar-refractivity contribution < 1.29 is 9.59 Å². The van der Waals surface area contributed by atoms with E-state index in [-0.39, 0.29) is 29.1 Å². The lowest BCUT2D eigenvalue weighted by Crippen LogP contribution is -2.53. The van der Waals surface area contributed by atoms with Crippen LogP contribution in [0.25, 0.3) is 0 Å². The molecule has 1 saturated carbocycles. The van der Waals surface area contributed by atoms with Crippen LogP contribution in [0.5, 0.6) is 0 Å². The minimum absolute atomic E-state index is 0.110. The van der Waals surface area contributed by atoms with Crippen LogP contribution in [-0.2, 0) is 4.79 Å². The zero-order valence-corrected chi connectivity index (χ0v) is 13.1. The van der Waals surface area contributed by atoms with Gasteiger partial charge in [0, 0.05) is 28.7 Å². The van der Waals surface area contributed by atoms with E-state index >= 15 is 0 Å². The number of carbonyl (C=O) groups excluding carboxylic acids is 2. The third kappa shape index (κ3) is 2.29. The van der Waals surface area contributed by atoms with E-state index in [1.807, 2.05) is 18.2 Å². The van der Waals surface area contributed by atoms with Crippen molar-refractivity contribution in [3.05, 3.63) is 29.8 Å². The Labute approximate surface area is 126 Å². The third-order valence-corrected chi connectivity index (χ3v) is 4.75. The van der Waals surface area contributed by atoms with E-state index in [0.717, 1.165) is 31.4 Å². The first-order chi connectivity index (χ1) is 9.91. The Bertz CT molecular complexity index is 585. The Morgan fingerprint density at radius 2 is 1.71 bits per heavy atom. The molecule has 3 nitrogen and oxygen atoms in total. The maximum Gasteiger partial charge on any atom is 0.231 e. The van der Waals surface area contributed by atoms with Crippen molar-refractivity contribution in [2.75, 3.05) is 4.90 Å². The maximum atomic E-state index is 12.6. The van der Waals surface area contributed by atoms with Crippen LogP contribution < -0.4 is 4.90 Å². The average Bonchev–Trinajstić information content (AvgIpc) is 2.54. The van der Waals surface area contributed by atoms with Gasteiger partial charge in [-0.15, -0.1) is 0 Å². The number of benzene rings is 1. The van der Waals surface area contributed by atoms with Gasteiger partial charge in [-0.3, -0.25) is 9.59 Å². The molecule has 0 bridgehead atoms. The van der Waals surface area contributed by atoms with E-state index in [1.165, 1.54) is 0 Å². The summed E-state index contributed by atoms with van der Waals surface area (Å²) in [5.74, 6) is -0.619. The highest BCUT2D eigenvalue weighted by atomic mass is 16.2. The Balaban J connectivity index is 2.21. The average molecular weight is 285 g/mol. The Kier molecular flexibility index (Phi) is 3.39. The molecule has 1 aliphatic carbocycles. The lowest BCUT2D eigenvalue weighted by atomic mass is 9.79. The molecule has 0 amide bonds. The van der Waals surface area contributed by atoms with Gasteiger partial charge in [0.25, 0.3) is 0 Å². The quantitative estimate of drug-likeness (QED) is 0.683. The molecule has 2 unspecified atom stereocenters. The topological polar surface area (TPSA) is 37.4 Å². The van der Waals surface area contributed by atoms with Gasteiger partial charge >= 0.3 is 0 Å². The second-order valence-corrected chi connectivity index (χ2v) is 7.21. The fraction of sp³-hybridized carbons (Fsp3) is 0.556. The van der Waals surface area contributed by atoms with Crippen LogP contribution in [0.2, 0.25) is 0 Å². The molecule has 1 aliphatic heterocycles. The number of ketones is 2. The fourth-order valence-electron chi connectivity index (χ4n) is 3.94. The molecule has 112 valence electrons. The molecular formula is C18H23NO2. The van der Waals surface area contributed by atoms with Crippen molar-refractivity contribution in [1.29, 1.82) is 0 Å². The van der Waals surface area contributed by atoms with Crippen LogP contribution in [0.15, 0.2) is 24.3 Å². The van der Waals surface area contributed by atoms with E-state index < -0.39 is 0 Å². The van der Waals surface area contributed by atoms with Gasteiger partial charge in [-0.2, -0.15) is 0 Å². The summed E-state index contributed by atoms with van der Waals surface area (Å²) in [6.07, 6.45) is 4.02. The van der Waals surface area contributed by atoms with Crippen molar-refractivity contribution in [2.45, 2.75) is 58.0 Å². The summed E-state index contributed by atoms with van der Waals surface area (Å²) >= 11 is 0. The molecule has 0 N–H and O–H groups in total. The molecule has 1 heterocycles. The number of carbonyl (C=O) groups is 2. The van der Waals surface area contributed by atoms with Crippen molar-refractivity contribution in [3.63, 3.8) is 0 Å².